The number of ether oxygens (including phenoxy) is 1. The van der Waals surface area contributed by atoms with Crippen molar-refractivity contribution in [2.24, 2.45) is 0 Å². The summed E-state index contributed by atoms with van der Waals surface area (Å²) in [5, 5.41) is 2.96. The molecule has 0 aromatic heterocycles. The Bertz CT molecular complexity index is 441. The molecule has 1 saturated heterocycles. The van der Waals surface area contributed by atoms with Crippen LogP contribution in [0.3, 0.4) is 0 Å². The summed E-state index contributed by atoms with van der Waals surface area (Å²) in [5.41, 5.74) is -1.01. The van der Waals surface area contributed by atoms with Crippen molar-refractivity contribution in [2.75, 3.05) is 18.5 Å². The summed E-state index contributed by atoms with van der Waals surface area (Å²) in [6.45, 7) is 2.84. The summed E-state index contributed by atoms with van der Waals surface area (Å²) in [6, 6.07) is 3.92. The smallest absolute Gasteiger partial charge is 0.379 e. The number of anilines is 1. The van der Waals surface area contributed by atoms with E-state index < -0.39 is 17.3 Å². The van der Waals surface area contributed by atoms with Crippen LogP contribution in [-0.2, 0) is 10.9 Å². The Morgan fingerprint density at radius 3 is 2.67 bits per heavy atom. The molecule has 1 aliphatic rings. The van der Waals surface area contributed by atoms with Crippen LogP contribution in [0, 0.1) is 0 Å². The van der Waals surface area contributed by atoms with Gasteiger partial charge < -0.3 is 10.1 Å². The first-order valence-electron chi connectivity index (χ1n) is 5.53. The molecule has 2 nitrogen and oxygen atoms in total. The lowest BCUT2D eigenvalue weighted by atomic mass is 10.0. The number of benzene rings is 1. The molecule has 6 heteroatoms. The van der Waals surface area contributed by atoms with Gasteiger partial charge in [-0.25, -0.2) is 0 Å². The van der Waals surface area contributed by atoms with Crippen LogP contribution in [0.15, 0.2) is 22.7 Å². The molecule has 0 amide bonds. The van der Waals surface area contributed by atoms with Gasteiger partial charge in [0, 0.05) is 16.8 Å². The largest absolute Gasteiger partial charge is 0.418 e. The maximum Gasteiger partial charge on any atom is 0.418 e. The number of halogens is 4. The maximum absolute atomic E-state index is 12.9. The van der Waals surface area contributed by atoms with Crippen molar-refractivity contribution in [1.29, 1.82) is 0 Å². The van der Waals surface area contributed by atoms with E-state index in [-0.39, 0.29) is 5.69 Å². The zero-order chi connectivity index (χ0) is 13.4. The van der Waals surface area contributed by atoms with Crippen LogP contribution in [0.25, 0.3) is 0 Å². The fourth-order valence-electron chi connectivity index (χ4n) is 1.96. The molecule has 0 aliphatic carbocycles. The van der Waals surface area contributed by atoms with Gasteiger partial charge in [-0.2, -0.15) is 13.2 Å². The molecule has 1 fully saturated rings. The molecular weight excluding hydrogens is 311 g/mol. The third-order valence-corrected chi connectivity index (χ3v) is 3.44. The highest BCUT2D eigenvalue weighted by Crippen LogP contribution is 2.38. The Balaban J connectivity index is 2.33. The first-order valence-corrected chi connectivity index (χ1v) is 6.32. The first kappa shape index (κ1) is 13.7. The quantitative estimate of drug-likeness (QED) is 0.886. The van der Waals surface area contributed by atoms with Crippen molar-refractivity contribution >= 4 is 21.6 Å². The van der Waals surface area contributed by atoms with Gasteiger partial charge in [-0.15, -0.1) is 0 Å². The molecule has 1 heterocycles. The molecule has 1 aliphatic heterocycles. The average Bonchev–Trinajstić information content (AvgIpc) is 2.62. The summed E-state index contributed by atoms with van der Waals surface area (Å²) in [4.78, 5) is 0. The molecule has 100 valence electrons. The van der Waals surface area contributed by atoms with Crippen LogP contribution in [0.4, 0.5) is 18.9 Å². The third kappa shape index (κ3) is 2.98. The Hall–Kier alpha value is -0.750. The molecule has 18 heavy (non-hydrogen) atoms. The molecule has 1 aromatic rings. The Morgan fingerprint density at radius 2 is 2.11 bits per heavy atom. The van der Waals surface area contributed by atoms with E-state index in [1.54, 1.807) is 0 Å². The highest BCUT2D eigenvalue weighted by Gasteiger charge is 2.36. The van der Waals surface area contributed by atoms with E-state index in [1.165, 1.54) is 12.1 Å². The van der Waals surface area contributed by atoms with E-state index in [2.05, 4.69) is 21.2 Å². The number of alkyl halides is 3. The van der Waals surface area contributed by atoms with E-state index >= 15 is 0 Å². The lowest BCUT2D eigenvalue weighted by molar-refractivity contribution is -0.137. The predicted octanol–water partition coefficient (Wildman–Crippen LogP) is 4.06. The van der Waals surface area contributed by atoms with Crippen molar-refractivity contribution in [2.45, 2.75) is 25.1 Å². The standard InChI is InChI=1S/C12H13BrF3NO/c1-11(4-5-18-7-11)17-10-6-8(13)2-3-9(10)12(14,15)16/h2-3,6,17H,4-5,7H2,1H3. The van der Waals surface area contributed by atoms with Gasteiger partial charge >= 0.3 is 6.18 Å². The second-order valence-electron chi connectivity index (χ2n) is 4.68. The van der Waals surface area contributed by atoms with Crippen LogP contribution in [0.5, 0.6) is 0 Å². The van der Waals surface area contributed by atoms with Crippen molar-refractivity contribution in [1.82, 2.24) is 0 Å². The van der Waals surface area contributed by atoms with Gasteiger partial charge in [0.2, 0.25) is 0 Å². The molecule has 0 spiro atoms. The average molecular weight is 324 g/mol. The second-order valence-corrected chi connectivity index (χ2v) is 5.59. The Kier molecular flexibility index (Phi) is 3.60. The Morgan fingerprint density at radius 1 is 1.39 bits per heavy atom. The van der Waals surface area contributed by atoms with Crippen LogP contribution in [0.1, 0.15) is 18.9 Å². The lowest BCUT2D eigenvalue weighted by Gasteiger charge is -2.27. The molecule has 1 unspecified atom stereocenters. The Labute approximate surface area is 112 Å². The van der Waals surface area contributed by atoms with E-state index in [4.69, 9.17) is 4.74 Å². The fraction of sp³-hybridized carbons (Fsp3) is 0.500. The molecule has 1 atom stereocenters. The van der Waals surface area contributed by atoms with Gasteiger partial charge in [0.05, 0.1) is 17.7 Å². The maximum atomic E-state index is 12.9. The lowest BCUT2D eigenvalue weighted by Crippen LogP contribution is -2.35. The third-order valence-electron chi connectivity index (χ3n) is 2.94. The summed E-state index contributed by atoms with van der Waals surface area (Å²) in [6.07, 6.45) is -3.67. The van der Waals surface area contributed by atoms with Crippen LogP contribution >= 0.6 is 15.9 Å². The minimum Gasteiger partial charge on any atom is -0.379 e. The van der Waals surface area contributed by atoms with E-state index in [0.717, 1.165) is 6.07 Å². The van der Waals surface area contributed by atoms with Gasteiger partial charge in [0.1, 0.15) is 0 Å². The molecule has 1 N–H and O–H groups in total. The summed E-state index contributed by atoms with van der Waals surface area (Å²) < 4.78 is 44.5. The van der Waals surface area contributed by atoms with E-state index in [9.17, 15) is 13.2 Å². The minimum atomic E-state index is -4.36. The fourth-order valence-corrected chi connectivity index (χ4v) is 2.32. The van der Waals surface area contributed by atoms with Gasteiger partial charge in [-0.1, -0.05) is 15.9 Å². The van der Waals surface area contributed by atoms with Crippen molar-refractivity contribution in [3.8, 4) is 0 Å². The SMILES string of the molecule is CC1(Nc2cc(Br)ccc2C(F)(F)F)CCOC1. The number of hydrogen-bond donors (Lipinski definition) is 1. The highest BCUT2D eigenvalue weighted by atomic mass is 79.9. The molecule has 0 bridgehead atoms. The van der Waals surface area contributed by atoms with Crippen LogP contribution in [-0.4, -0.2) is 18.8 Å². The monoisotopic (exact) mass is 323 g/mol. The predicted molar refractivity (Wildman–Crippen MR) is 66.6 cm³/mol. The van der Waals surface area contributed by atoms with E-state index in [1.807, 2.05) is 6.92 Å². The van der Waals surface area contributed by atoms with Crippen LogP contribution < -0.4 is 5.32 Å². The molecular formula is C12H13BrF3NO. The van der Waals surface area contributed by atoms with Gasteiger partial charge in [0.15, 0.2) is 0 Å². The number of hydrogen-bond acceptors (Lipinski definition) is 2. The highest BCUT2D eigenvalue weighted by molar-refractivity contribution is 9.10. The summed E-state index contributed by atoms with van der Waals surface area (Å²) >= 11 is 3.19. The van der Waals surface area contributed by atoms with Gasteiger partial charge in [-0.3, -0.25) is 0 Å². The topological polar surface area (TPSA) is 21.3 Å². The van der Waals surface area contributed by atoms with Crippen LogP contribution in [0.2, 0.25) is 0 Å². The molecule has 0 saturated carbocycles. The zero-order valence-corrected chi connectivity index (χ0v) is 11.4. The van der Waals surface area contributed by atoms with Crippen molar-refractivity contribution < 1.29 is 17.9 Å². The summed E-state index contributed by atoms with van der Waals surface area (Å²) in [7, 11) is 0. The number of rotatable bonds is 2. The normalized spacial score (nSPS) is 24.3. The van der Waals surface area contributed by atoms with Gasteiger partial charge in [0.25, 0.3) is 0 Å². The van der Waals surface area contributed by atoms with Crippen molar-refractivity contribution in [3.05, 3.63) is 28.2 Å². The zero-order valence-electron chi connectivity index (χ0n) is 9.77. The first-order chi connectivity index (χ1) is 8.30. The van der Waals surface area contributed by atoms with Gasteiger partial charge in [-0.05, 0) is 31.5 Å². The van der Waals surface area contributed by atoms with E-state index in [0.29, 0.717) is 24.1 Å². The number of nitrogens with one attached hydrogen (secondary N) is 1. The minimum absolute atomic E-state index is 0.0878. The molecule has 2 rings (SSSR count). The molecule has 1 aromatic carbocycles. The summed E-state index contributed by atoms with van der Waals surface area (Å²) in [5.74, 6) is 0. The van der Waals surface area contributed by atoms with Crippen molar-refractivity contribution in [3.63, 3.8) is 0 Å². The molecule has 0 radical (unpaired) electrons. The second kappa shape index (κ2) is 4.74.